The predicted octanol–water partition coefficient (Wildman–Crippen LogP) is 4.26. The molecule has 0 heterocycles. The summed E-state index contributed by atoms with van der Waals surface area (Å²) in [5.74, 6) is 0. The van der Waals surface area contributed by atoms with Crippen molar-refractivity contribution in [2.75, 3.05) is 0 Å². The number of fused-ring (bicyclic) bond motifs is 1. The van der Waals surface area contributed by atoms with Gasteiger partial charge in [-0.3, -0.25) is 0 Å². The Labute approximate surface area is 109 Å². The van der Waals surface area contributed by atoms with Crippen molar-refractivity contribution in [3.63, 3.8) is 0 Å². The van der Waals surface area contributed by atoms with Crippen LogP contribution in [-0.2, 0) is 6.54 Å². The van der Waals surface area contributed by atoms with Gasteiger partial charge in [0.2, 0.25) is 0 Å². The zero-order chi connectivity index (χ0) is 12.4. The molecule has 0 aliphatic heterocycles. The zero-order valence-corrected chi connectivity index (χ0v) is 11.1. The molecule has 3 rings (SSSR count). The molecule has 2 aromatic rings. The van der Waals surface area contributed by atoms with E-state index < -0.39 is 0 Å². The van der Waals surface area contributed by atoms with Crippen LogP contribution in [0.4, 0.5) is 0 Å². The molecule has 0 unspecified atom stereocenters. The van der Waals surface area contributed by atoms with Gasteiger partial charge in [-0.25, -0.2) is 0 Å². The minimum Gasteiger partial charge on any atom is -0.307 e. The number of hydrogen-bond donors (Lipinski definition) is 1. The van der Waals surface area contributed by atoms with Crippen molar-refractivity contribution in [1.82, 2.24) is 5.32 Å². The first-order valence-corrected chi connectivity index (χ1v) is 6.99. The summed E-state index contributed by atoms with van der Waals surface area (Å²) >= 11 is 0. The molecule has 0 radical (unpaired) electrons. The highest BCUT2D eigenvalue weighted by molar-refractivity contribution is 5.85. The van der Waals surface area contributed by atoms with Gasteiger partial charge in [-0.2, -0.15) is 0 Å². The molecule has 0 aromatic heterocycles. The Kier molecular flexibility index (Phi) is 3.09. The van der Waals surface area contributed by atoms with Crippen molar-refractivity contribution in [1.29, 1.82) is 0 Å². The number of hydrogen-bond acceptors (Lipinski definition) is 1. The van der Waals surface area contributed by atoms with Crippen LogP contribution in [0.5, 0.6) is 0 Å². The van der Waals surface area contributed by atoms with Crippen LogP contribution in [0.2, 0.25) is 0 Å². The quantitative estimate of drug-likeness (QED) is 0.843. The van der Waals surface area contributed by atoms with Gasteiger partial charge in [0.05, 0.1) is 0 Å². The molecule has 94 valence electrons. The first-order chi connectivity index (χ1) is 8.77. The normalized spacial score (nSPS) is 18.3. The van der Waals surface area contributed by atoms with Gasteiger partial charge in [0.15, 0.2) is 0 Å². The fourth-order valence-electron chi connectivity index (χ4n) is 3.09. The highest BCUT2D eigenvalue weighted by atomic mass is 15.0. The molecule has 1 aliphatic carbocycles. The van der Waals surface area contributed by atoms with Gasteiger partial charge in [0.25, 0.3) is 0 Å². The summed E-state index contributed by atoms with van der Waals surface area (Å²) in [5.41, 5.74) is 1.78. The summed E-state index contributed by atoms with van der Waals surface area (Å²) in [6.45, 7) is 3.35. The molecular formula is C17H21N. The van der Waals surface area contributed by atoms with Crippen molar-refractivity contribution in [2.45, 2.75) is 44.7 Å². The summed E-state index contributed by atoms with van der Waals surface area (Å²) in [7, 11) is 0. The molecule has 1 N–H and O–H groups in total. The maximum atomic E-state index is 3.77. The van der Waals surface area contributed by atoms with E-state index >= 15 is 0 Å². The molecule has 18 heavy (non-hydrogen) atoms. The predicted molar refractivity (Wildman–Crippen MR) is 77.7 cm³/mol. The summed E-state index contributed by atoms with van der Waals surface area (Å²) < 4.78 is 0. The second kappa shape index (κ2) is 4.74. The van der Waals surface area contributed by atoms with Gasteiger partial charge in [-0.1, -0.05) is 55.3 Å². The van der Waals surface area contributed by atoms with Crippen molar-refractivity contribution in [2.24, 2.45) is 0 Å². The lowest BCUT2D eigenvalue weighted by molar-refractivity contribution is 0.363. The fourth-order valence-corrected chi connectivity index (χ4v) is 3.09. The Morgan fingerprint density at radius 2 is 1.72 bits per heavy atom. The summed E-state index contributed by atoms with van der Waals surface area (Å²) in [4.78, 5) is 0. The Balaban J connectivity index is 1.82. The number of benzene rings is 2. The molecule has 0 saturated heterocycles. The molecule has 0 atom stereocenters. The van der Waals surface area contributed by atoms with Crippen molar-refractivity contribution in [3.05, 3.63) is 48.0 Å². The number of nitrogens with one attached hydrogen (secondary N) is 1. The first kappa shape index (κ1) is 11.7. The minimum absolute atomic E-state index is 0.358. The van der Waals surface area contributed by atoms with Gasteiger partial charge in [-0.05, 0) is 36.1 Å². The summed E-state index contributed by atoms with van der Waals surface area (Å²) in [5, 5.41) is 6.49. The van der Waals surface area contributed by atoms with Gasteiger partial charge in [-0.15, -0.1) is 0 Å². The van der Waals surface area contributed by atoms with Gasteiger partial charge < -0.3 is 5.32 Å². The van der Waals surface area contributed by atoms with E-state index in [0.29, 0.717) is 5.54 Å². The van der Waals surface area contributed by atoms with Crippen LogP contribution < -0.4 is 5.32 Å². The largest absolute Gasteiger partial charge is 0.307 e. The third kappa shape index (κ3) is 2.28. The first-order valence-electron chi connectivity index (χ1n) is 6.99. The van der Waals surface area contributed by atoms with Crippen LogP contribution in [0, 0.1) is 0 Å². The van der Waals surface area contributed by atoms with E-state index in [9.17, 15) is 0 Å². The molecular weight excluding hydrogens is 218 g/mol. The minimum atomic E-state index is 0.358. The van der Waals surface area contributed by atoms with Crippen molar-refractivity contribution >= 4 is 10.8 Å². The van der Waals surface area contributed by atoms with Crippen LogP contribution in [0.25, 0.3) is 10.8 Å². The van der Waals surface area contributed by atoms with E-state index in [2.05, 4.69) is 54.7 Å². The van der Waals surface area contributed by atoms with Crippen LogP contribution in [-0.4, -0.2) is 5.54 Å². The van der Waals surface area contributed by atoms with E-state index in [4.69, 9.17) is 0 Å². The van der Waals surface area contributed by atoms with Crippen LogP contribution in [0.3, 0.4) is 0 Å². The topological polar surface area (TPSA) is 12.0 Å². The van der Waals surface area contributed by atoms with E-state index in [0.717, 1.165) is 6.54 Å². The molecule has 0 spiro atoms. The smallest absolute Gasteiger partial charge is 0.0216 e. The molecule has 0 bridgehead atoms. The van der Waals surface area contributed by atoms with Crippen LogP contribution >= 0.6 is 0 Å². The Morgan fingerprint density at radius 1 is 1.00 bits per heavy atom. The third-order valence-electron chi connectivity index (χ3n) is 4.29. The molecule has 1 aliphatic rings. The van der Waals surface area contributed by atoms with Crippen LogP contribution in [0.15, 0.2) is 42.5 Å². The van der Waals surface area contributed by atoms with E-state index in [1.807, 2.05) is 0 Å². The van der Waals surface area contributed by atoms with Crippen LogP contribution in [0.1, 0.15) is 38.2 Å². The Morgan fingerprint density at radius 3 is 2.56 bits per heavy atom. The van der Waals surface area contributed by atoms with Gasteiger partial charge >= 0.3 is 0 Å². The highest BCUT2D eigenvalue weighted by Gasteiger charge is 2.27. The van der Waals surface area contributed by atoms with Crippen molar-refractivity contribution < 1.29 is 0 Å². The number of rotatable bonds is 3. The highest BCUT2D eigenvalue weighted by Crippen LogP contribution is 2.29. The Bertz CT molecular complexity index is 533. The second-order valence-electron chi connectivity index (χ2n) is 5.76. The molecule has 1 nitrogen and oxygen atoms in total. The maximum Gasteiger partial charge on any atom is 0.0216 e. The van der Waals surface area contributed by atoms with Gasteiger partial charge in [0, 0.05) is 12.1 Å². The Hall–Kier alpha value is -1.34. The standard InChI is InChI=1S/C17H21N/c1-17(11-4-5-12-17)18-13-15-9-6-8-14-7-2-3-10-16(14)15/h2-3,6-10,18H,4-5,11-13H2,1H3. The monoisotopic (exact) mass is 239 g/mol. The second-order valence-corrected chi connectivity index (χ2v) is 5.76. The average Bonchev–Trinajstić information content (AvgIpc) is 2.84. The van der Waals surface area contributed by atoms with E-state index in [1.54, 1.807) is 0 Å². The van der Waals surface area contributed by atoms with E-state index in [-0.39, 0.29) is 0 Å². The molecule has 2 aromatic carbocycles. The molecule has 0 amide bonds. The van der Waals surface area contributed by atoms with E-state index in [1.165, 1.54) is 42.0 Å². The summed E-state index contributed by atoms with van der Waals surface area (Å²) in [6.07, 6.45) is 5.38. The lowest BCUT2D eigenvalue weighted by atomic mass is 9.99. The fraction of sp³-hybridized carbons (Fsp3) is 0.412. The lowest BCUT2D eigenvalue weighted by Crippen LogP contribution is -2.38. The lowest BCUT2D eigenvalue weighted by Gasteiger charge is -2.25. The van der Waals surface area contributed by atoms with Gasteiger partial charge in [0.1, 0.15) is 0 Å². The van der Waals surface area contributed by atoms with Crippen molar-refractivity contribution in [3.8, 4) is 0 Å². The molecule has 1 fully saturated rings. The zero-order valence-electron chi connectivity index (χ0n) is 11.1. The molecule has 1 heteroatoms. The molecule has 1 saturated carbocycles. The third-order valence-corrected chi connectivity index (χ3v) is 4.29. The summed E-state index contributed by atoms with van der Waals surface area (Å²) in [6, 6.07) is 15.3. The average molecular weight is 239 g/mol. The SMILES string of the molecule is CC1(NCc2cccc3ccccc23)CCCC1. The maximum absolute atomic E-state index is 3.77.